The van der Waals surface area contributed by atoms with Gasteiger partial charge in [0, 0.05) is 17.1 Å². The average Bonchev–Trinajstić information content (AvgIpc) is 2.81. The van der Waals surface area contributed by atoms with Gasteiger partial charge in [-0.2, -0.15) is 5.26 Å². The maximum Gasteiger partial charge on any atom is 0.266 e. The summed E-state index contributed by atoms with van der Waals surface area (Å²) in [6, 6.07) is 26.8. The Balaban J connectivity index is 1.77. The van der Waals surface area contributed by atoms with Crippen LogP contribution in [-0.2, 0) is 11.2 Å². The summed E-state index contributed by atoms with van der Waals surface area (Å²) in [4.78, 5) is 12.8. The van der Waals surface area contributed by atoms with Gasteiger partial charge < -0.3 is 5.32 Å². The lowest BCUT2D eigenvalue weighted by atomic mass is 9.93. The highest BCUT2D eigenvalue weighted by molar-refractivity contribution is 6.30. The lowest BCUT2D eigenvalue weighted by molar-refractivity contribution is -0.112. The van der Waals surface area contributed by atoms with E-state index < -0.39 is 5.91 Å². The fraction of sp³-hybridized carbons (Fsp3) is 0.0370. The van der Waals surface area contributed by atoms with Crippen LogP contribution in [0, 0.1) is 17.1 Å². The van der Waals surface area contributed by atoms with Gasteiger partial charge in [-0.25, -0.2) is 4.39 Å². The third-order valence-electron chi connectivity index (χ3n) is 5.16. The number of carbonyl (C=O) groups is 1. The van der Waals surface area contributed by atoms with Crippen LogP contribution in [0.4, 0.5) is 10.1 Å². The molecule has 4 aromatic rings. The summed E-state index contributed by atoms with van der Waals surface area (Å²) < 4.78 is 14.3. The van der Waals surface area contributed by atoms with E-state index in [4.69, 9.17) is 11.6 Å². The van der Waals surface area contributed by atoms with Gasteiger partial charge in [0.1, 0.15) is 17.5 Å². The first-order valence-electron chi connectivity index (χ1n) is 9.98. The number of nitriles is 1. The molecular weight excluding hydrogens is 423 g/mol. The number of hydrogen-bond donors (Lipinski definition) is 1. The van der Waals surface area contributed by atoms with E-state index in [-0.39, 0.29) is 11.4 Å². The molecule has 1 amide bonds. The van der Waals surface area contributed by atoms with Crippen LogP contribution in [0.5, 0.6) is 0 Å². The van der Waals surface area contributed by atoms with E-state index in [9.17, 15) is 14.4 Å². The predicted octanol–water partition coefficient (Wildman–Crippen LogP) is 6.77. The second-order valence-corrected chi connectivity index (χ2v) is 7.69. The van der Waals surface area contributed by atoms with Crippen LogP contribution in [0.2, 0.25) is 5.02 Å². The quantitative estimate of drug-likeness (QED) is 0.275. The molecule has 5 heteroatoms. The fourth-order valence-electron chi connectivity index (χ4n) is 3.54. The average molecular weight is 441 g/mol. The standard InChI is InChI=1S/C27H18ClFN2O/c28-22-11-13-23(14-12-22)31-27(32)21(17-30)16-25-19(15-20-6-2-4-8-26(20)29)10-9-18-5-1-3-7-24(18)25/h1-14,16H,15H2,(H,31,32)/b21-16+. The van der Waals surface area contributed by atoms with Crippen molar-refractivity contribution in [1.29, 1.82) is 5.26 Å². The molecule has 0 radical (unpaired) electrons. The Morgan fingerprint density at radius 3 is 2.41 bits per heavy atom. The number of rotatable bonds is 5. The molecule has 3 nitrogen and oxygen atoms in total. The molecule has 0 unspecified atom stereocenters. The highest BCUT2D eigenvalue weighted by Gasteiger charge is 2.14. The highest BCUT2D eigenvalue weighted by Crippen LogP contribution is 2.28. The van der Waals surface area contributed by atoms with Crippen LogP contribution in [0.3, 0.4) is 0 Å². The molecule has 0 heterocycles. The first kappa shape index (κ1) is 21.3. The molecule has 32 heavy (non-hydrogen) atoms. The van der Waals surface area contributed by atoms with E-state index >= 15 is 0 Å². The first-order valence-corrected chi connectivity index (χ1v) is 10.4. The van der Waals surface area contributed by atoms with E-state index in [0.717, 1.165) is 16.3 Å². The second kappa shape index (κ2) is 9.47. The largest absolute Gasteiger partial charge is 0.321 e. The summed E-state index contributed by atoms with van der Waals surface area (Å²) in [6.07, 6.45) is 1.91. The topological polar surface area (TPSA) is 52.9 Å². The maximum atomic E-state index is 14.3. The van der Waals surface area contributed by atoms with Gasteiger partial charge in [-0.15, -0.1) is 0 Å². The lowest BCUT2D eigenvalue weighted by Crippen LogP contribution is -2.13. The number of amides is 1. The molecule has 0 fully saturated rings. The van der Waals surface area contributed by atoms with E-state index in [1.165, 1.54) is 6.07 Å². The van der Waals surface area contributed by atoms with Gasteiger partial charge >= 0.3 is 0 Å². The number of fused-ring (bicyclic) bond motifs is 1. The SMILES string of the molecule is N#C/C(=C\c1c(Cc2ccccc2F)ccc2ccccc12)C(=O)Nc1ccc(Cl)cc1. The summed E-state index contributed by atoms with van der Waals surface area (Å²) in [6.45, 7) is 0. The molecule has 1 N–H and O–H groups in total. The van der Waals surface area contributed by atoms with Crippen molar-refractivity contribution in [3.05, 3.63) is 118 Å². The van der Waals surface area contributed by atoms with Gasteiger partial charge in [-0.3, -0.25) is 4.79 Å². The van der Waals surface area contributed by atoms with Crippen molar-refractivity contribution >= 4 is 40.0 Å². The molecule has 0 aliphatic heterocycles. The molecule has 0 bridgehead atoms. The van der Waals surface area contributed by atoms with Crippen LogP contribution in [-0.4, -0.2) is 5.91 Å². The summed E-state index contributed by atoms with van der Waals surface area (Å²) in [7, 11) is 0. The van der Waals surface area contributed by atoms with Crippen molar-refractivity contribution in [3.8, 4) is 6.07 Å². The zero-order valence-electron chi connectivity index (χ0n) is 17.0. The van der Waals surface area contributed by atoms with E-state index in [1.54, 1.807) is 48.5 Å². The number of nitrogens with one attached hydrogen (secondary N) is 1. The summed E-state index contributed by atoms with van der Waals surface area (Å²) >= 11 is 5.89. The molecule has 0 spiro atoms. The normalized spacial score (nSPS) is 11.2. The highest BCUT2D eigenvalue weighted by atomic mass is 35.5. The van der Waals surface area contributed by atoms with Crippen molar-refractivity contribution in [2.75, 3.05) is 5.32 Å². The molecule has 0 aliphatic carbocycles. The third-order valence-corrected chi connectivity index (χ3v) is 5.41. The number of halogens is 2. The van der Waals surface area contributed by atoms with Crippen LogP contribution in [0.25, 0.3) is 16.8 Å². The second-order valence-electron chi connectivity index (χ2n) is 7.26. The predicted molar refractivity (Wildman–Crippen MR) is 127 cm³/mol. The Morgan fingerprint density at radius 1 is 0.938 bits per heavy atom. The first-order chi connectivity index (χ1) is 15.5. The van der Waals surface area contributed by atoms with Crippen LogP contribution in [0.1, 0.15) is 16.7 Å². The molecule has 156 valence electrons. The van der Waals surface area contributed by atoms with Crippen LogP contribution >= 0.6 is 11.6 Å². The van der Waals surface area contributed by atoms with Gasteiger partial charge in [0.15, 0.2) is 0 Å². The fourth-order valence-corrected chi connectivity index (χ4v) is 3.66. The molecule has 0 saturated carbocycles. The zero-order chi connectivity index (χ0) is 22.5. The minimum atomic E-state index is -0.528. The number of hydrogen-bond acceptors (Lipinski definition) is 2. The molecule has 0 aromatic heterocycles. The monoisotopic (exact) mass is 440 g/mol. The minimum absolute atomic E-state index is 0.0499. The van der Waals surface area contributed by atoms with E-state index in [2.05, 4.69) is 5.32 Å². The molecule has 0 aliphatic rings. The van der Waals surface area contributed by atoms with Gasteiger partial charge in [0.2, 0.25) is 0 Å². The van der Waals surface area contributed by atoms with E-state index in [1.807, 2.05) is 42.5 Å². The van der Waals surface area contributed by atoms with Gasteiger partial charge in [0.25, 0.3) is 5.91 Å². The Kier molecular flexibility index (Phi) is 6.30. The lowest BCUT2D eigenvalue weighted by Gasteiger charge is -2.12. The summed E-state index contributed by atoms with van der Waals surface area (Å²) in [5, 5.41) is 14.8. The molecular formula is C27H18ClFN2O. The van der Waals surface area contributed by atoms with Crippen molar-refractivity contribution < 1.29 is 9.18 Å². The van der Waals surface area contributed by atoms with E-state index in [0.29, 0.717) is 28.3 Å². The number of carbonyl (C=O) groups excluding carboxylic acids is 1. The molecule has 0 saturated heterocycles. The Morgan fingerprint density at radius 2 is 1.66 bits per heavy atom. The van der Waals surface area contributed by atoms with Gasteiger partial charge in [-0.05, 0) is 63.9 Å². The number of anilines is 1. The van der Waals surface area contributed by atoms with Crippen LogP contribution < -0.4 is 5.32 Å². The smallest absolute Gasteiger partial charge is 0.266 e. The minimum Gasteiger partial charge on any atom is -0.321 e. The molecule has 4 aromatic carbocycles. The Labute approximate surface area is 190 Å². The van der Waals surface area contributed by atoms with Crippen LogP contribution in [0.15, 0.2) is 90.5 Å². The zero-order valence-corrected chi connectivity index (χ0v) is 17.7. The van der Waals surface area contributed by atoms with Gasteiger partial charge in [-0.1, -0.05) is 66.2 Å². The van der Waals surface area contributed by atoms with Crippen molar-refractivity contribution in [2.24, 2.45) is 0 Å². The van der Waals surface area contributed by atoms with Crippen molar-refractivity contribution in [2.45, 2.75) is 6.42 Å². The molecule has 0 atom stereocenters. The summed E-state index contributed by atoms with van der Waals surface area (Å²) in [5.41, 5.74) is 2.56. The summed E-state index contributed by atoms with van der Waals surface area (Å²) in [5.74, 6) is -0.823. The van der Waals surface area contributed by atoms with Gasteiger partial charge in [0.05, 0.1) is 0 Å². The van der Waals surface area contributed by atoms with Crippen molar-refractivity contribution in [3.63, 3.8) is 0 Å². The number of nitrogens with zero attached hydrogens (tertiary/aromatic N) is 1. The maximum absolute atomic E-state index is 14.3. The third kappa shape index (κ3) is 4.69. The molecule has 4 rings (SSSR count). The number of benzene rings is 4. The Hall–Kier alpha value is -3.94. The van der Waals surface area contributed by atoms with Crippen molar-refractivity contribution in [1.82, 2.24) is 0 Å². The Bertz CT molecular complexity index is 1370.